The van der Waals surface area contributed by atoms with E-state index in [1.807, 2.05) is 4.90 Å². The maximum atomic E-state index is 13.4. The molecule has 0 radical (unpaired) electrons. The largest absolute Gasteiger partial charge is 0.369 e. The van der Waals surface area contributed by atoms with E-state index < -0.39 is 17.6 Å². The molecule has 0 bridgehead atoms. The second-order valence-corrected chi connectivity index (χ2v) is 6.10. The van der Waals surface area contributed by atoms with E-state index in [0.717, 1.165) is 0 Å². The molecule has 0 aromatic heterocycles. The molecule has 1 aromatic rings. The third-order valence-corrected chi connectivity index (χ3v) is 4.42. The summed E-state index contributed by atoms with van der Waals surface area (Å²) in [5.41, 5.74) is 6.18. The molecule has 1 saturated heterocycles. The van der Waals surface area contributed by atoms with Gasteiger partial charge in [0.25, 0.3) is 0 Å². The summed E-state index contributed by atoms with van der Waals surface area (Å²) in [5.74, 6) is -1.89. The topological polar surface area (TPSA) is 95.7 Å². The number of nitrogens with zero attached hydrogens (tertiary/aromatic N) is 2. The summed E-state index contributed by atoms with van der Waals surface area (Å²) in [5, 5.41) is 2.61. The van der Waals surface area contributed by atoms with E-state index in [-0.39, 0.29) is 24.8 Å². The molecular formula is C16H19FN4O3. The lowest BCUT2D eigenvalue weighted by molar-refractivity contribution is -0.136. The molecule has 7 nitrogen and oxygen atoms in total. The van der Waals surface area contributed by atoms with Crippen molar-refractivity contribution < 1.29 is 18.8 Å². The van der Waals surface area contributed by atoms with Crippen LogP contribution in [0, 0.1) is 5.82 Å². The van der Waals surface area contributed by atoms with Gasteiger partial charge in [-0.05, 0) is 17.7 Å². The van der Waals surface area contributed by atoms with Crippen molar-refractivity contribution in [1.29, 1.82) is 0 Å². The lowest BCUT2D eigenvalue weighted by Crippen LogP contribution is -2.52. The van der Waals surface area contributed by atoms with Crippen LogP contribution in [-0.4, -0.2) is 60.2 Å². The molecule has 2 aliphatic heterocycles. The van der Waals surface area contributed by atoms with Crippen LogP contribution in [0.3, 0.4) is 0 Å². The smallest absolute Gasteiger partial charge is 0.231 e. The lowest BCUT2D eigenvalue weighted by Gasteiger charge is -2.37. The highest BCUT2D eigenvalue weighted by molar-refractivity contribution is 6.01. The molecular weight excluding hydrogens is 315 g/mol. The standard InChI is InChI=1S/C16H19FN4O3/c17-10-1-2-11-12(8-15(23)19-13(11)7-10)16(24)21-5-3-20(4-6-21)9-14(18)22/h1-2,7,12H,3-6,8-9H2,(H2,18,22)(H,19,23). The van der Waals surface area contributed by atoms with Gasteiger partial charge in [-0.2, -0.15) is 0 Å². The quantitative estimate of drug-likeness (QED) is 0.806. The minimum absolute atomic E-state index is 0.0545. The fourth-order valence-corrected chi connectivity index (χ4v) is 3.22. The van der Waals surface area contributed by atoms with Gasteiger partial charge in [-0.25, -0.2) is 4.39 Å². The van der Waals surface area contributed by atoms with Gasteiger partial charge in [-0.3, -0.25) is 19.3 Å². The molecule has 2 aliphatic rings. The number of hydrogen-bond acceptors (Lipinski definition) is 4. The Hall–Kier alpha value is -2.48. The predicted octanol–water partition coefficient (Wildman–Crippen LogP) is -0.119. The number of rotatable bonds is 3. The van der Waals surface area contributed by atoms with E-state index in [0.29, 0.717) is 37.4 Å². The number of piperazine rings is 1. The first-order valence-corrected chi connectivity index (χ1v) is 7.83. The summed E-state index contributed by atoms with van der Waals surface area (Å²) < 4.78 is 13.4. The summed E-state index contributed by atoms with van der Waals surface area (Å²) in [6.07, 6.45) is 0.0545. The molecule has 0 spiro atoms. The molecule has 3 amide bonds. The summed E-state index contributed by atoms with van der Waals surface area (Å²) in [4.78, 5) is 39.2. The van der Waals surface area contributed by atoms with Gasteiger partial charge in [-0.1, -0.05) is 6.07 Å². The molecule has 128 valence electrons. The van der Waals surface area contributed by atoms with Crippen LogP contribution in [0.25, 0.3) is 0 Å². The van der Waals surface area contributed by atoms with Gasteiger partial charge in [0, 0.05) is 38.3 Å². The Bertz CT molecular complexity index is 686. The van der Waals surface area contributed by atoms with E-state index in [2.05, 4.69) is 5.32 Å². The van der Waals surface area contributed by atoms with E-state index in [9.17, 15) is 18.8 Å². The SMILES string of the molecule is NC(=O)CN1CCN(C(=O)C2CC(=O)Nc3cc(F)ccc32)CC1. The number of benzene rings is 1. The average Bonchev–Trinajstić information content (AvgIpc) is 2.53. The molecule has 8 heteroatoms. The summed E-state index contributed by atoms with van der Waals surface area (Å²) in [6.45, 7) is 2.24. The zero-order chi connectivity index (χ0) is 17.3. The van der Waals surface area contributed by atoms with Crippen molar-refractivity contribution in [2.75, 3.05) is 38.0 Å². The van der Waals surface area contributed by atoms with Crippen molar-refractivity contribution in [3.8, 4) is 0 Å². The average molecular weight is 334 g/mol. The first kappa shape index (κ1) is 16.4. The van der Waals surface area contributed by atoms with Gasteiger partial charge in [0.05, 0.1) is 12.5 Å². The van der Waals surface area contributed by atoms with Crippen LogP contribution in [0.4, 0.5) is 10.1 Å². The van der Waals surface area contributed by atoms with E-state index >= 15 is 0 Å². The van der Waals surface area contributed by atoms with Gasteiger partial charge in [0.1, 0.15) is 5.82 Å². The number of nitrogens with one attached hydrogen (secondary N) is 1. The Morgan fingerprint density at radius 1 is 1.25 bits per heavy atom. The van der Waals surface area contributed by atoms with Crippen molar-refractivity contribution in [2.24, 2.45) is 5.73 Å². The van der Waals surface area contributed by atoms with Crippen LogP contribution >= 0.6 is 0 Å². The van der Waals surface area contributed by atoms with Crippen LogP contribution in [-0.2, 0) is 14.4 Å². The second kappa shape index (κ2) is 6.56. The van der Waals surface area contributed by atoms with Crippen LogP contribution in [0.2, 0.25) is 0 Å². The van der Waals surface area contributed by atoms with E-state index in [4.69, 9.17) is 5.73 Å². The number of carbonyl (C=O) groups is 3. The number of amides is 3. The van der Waals surface area contributed by atoms with Gasteiger partial charge in [-0.15, -0.1) is 0 Å². The predicted molar refractivity (Wildman–Crippen MR) is 84.6 cm³/mol. The fraction of sp³-hybridized carbons (Fsp3) is 0.438. The van der Waals surface area contributed by atoms with Crippen molar-refractivity contribution in [3.05, 3.63) is 29.6 Å². The summed E-state index contributed by atoms with van der Waals surface area (Å²) in [6, 6.07) is 4.08. The summed E-state index contributed by atoms with van der Waals surface area (Å²) >= 11 is 0. The first-order valence-electron chi connectivity index (χ1n) is 7.83. The highest BCUT2D eigenvalue weighted by atomic mass is 19.1. The van der Waals surface area contributed by atoms with Gasteiger partial charge >= 0.3 is 0 Å². The number of nitrogens with two attached hydrogens (primary N) is 1. The molecule has 24 heavy (non-hydrogen) atoms. The molecule has 1 aromatic carbocycles. The van der Waals surface area contributed by atoms with Crippen LogP contribution in [0.5, 0.6) is 0 Å². The van der Waals surface area contributed by atoms with Crippen LogP contribution in [0.1, 0.15) is 17.9 Å². The van der Waals surface area contributed by atoms with E-state index in [1.54, 1.807) is 11.0 Å². The lowest BCUT2D eigenvalue weighted by atomic mass is 9.89. The molecule has 0 saturated carbocycles. The molecule has 2 heterocycles. The van der Waals surface area contributed by atoms with Crippen molar-refractivity contribution in [2.45, 2.75) is 12.3 Å². The normalized spacial score (nSPS) is 21.1. The number of anilines is 1. The number of carbonyl (C=O) groups excluding carboxylic acids is 3. The third kappa shape index (κ3) is 3.38. The fourth-order valence-electron chi connectivity index (χ4n) is 3.22. The zero-order valence-electron chi connectivity index (χ0n) is 13.1. The Labute approximate surface area is 138 Å². The third-order valence-electron chi connectivity index (χ3n) is 4.42. The van der Waals surface area contributed by atoms with Gasteiger partial charge in [0.2, 0.25) is 17.7 Å². The highest BCUT2D eigenvalue weighted by Crippen LogP contribution is 2.34. The number of halogens is 1. The highest BCUT2D eigenvalue weighted by Gasteiger charge is 2.34. The molecule has 3 rings (SSSR count). The van der Waals surface area contributed by atoms with E-state index in [1.165, 1.54) is 12.1 Å². The Kier molecular flexibility index (Phi) is 4.48. The molecule has 1 atom stereocenters. The Morgan fingerprint density at radius 2 is 1.96 bits per heavy atom. The molecule has 1 fully saturated rings. The van der Waals surface area contributed by atoms with Gasteiger partial charge < -0.3 is 16.0 Å². The molecule has 3 N–H and O–H groups in total. The molecule has 0 aliphatic carbocycles. The van der Waals surface area contributed by atoms with Crippen LogP contribution in [0.15, 0.2) is 18.2 Å². The van der Waals surface area contributed by atoms with Crippen molar-refractivity contribution in [1.82, 2.24) is 9.80 Å². The number of hydrogen-bond donors (Lipinski definition) is 2. The van der Waals surface area contributed by atoms with Crippen molar-refractivity contribution >= 4 is 23.4 Å². The van der Waals surface area contributed by atoms with Gasteiger partial charge in [0.15, 0.2) is 0 Å². The number of primary amides is 1. The maximum Gasteiger partial charge on any atom is 0.231 e. The minimum Gasteiger partial charge on any atom is -0.369 e. The first-order chi connectivity index (χ1) is 11.4. The monoisotopic (exact) mass is 334 g/mol. The summed E-state index contributed by atoms with van der Waals surface area (Å²) in [7, 11) is 0. The zero-order valence-corrected chi connectivity index (χ0v) is 13.1. The second-order valence-electron chi connectivity index (χ2n) is 6.10. The maximum absolute atomic E-state index is 13.4. The Morgan fingerprint density at radius 3 is 2.62 bits per heavy atom. The molecule has 1 unspecified atom stereocenters. The number of fused-ring (bicyclic) bond motifs is 1. The minimum atomic E-state index is -0.600. The Balaban J connectivity index is 1.72. The van der Waals surface area contributed by atoms with Crippen LogP contribution < -0.4 is 11.1 Å². The van der Waals surface area contributed by atoms with Crippen molar-refractivity contribution in [3.63, 3.8) is 0 Å².